The number of phenolic OH excluding ortho intramolecular Hbond substituents is 1. The van der Waals surface area contributed by atoms with Crippen LogP contribution in [0.2, 0.25) is 0 Å². The molecule has 1 rings (SSSR count). The number of rotatable bonds is 4. The summed E-state index contributed by atoms with van der Waals surface area (Å²) in [7, 11) is -0.317. The largest absolute Gasteiger partial charge is 0.504 e. The number of methoxy groups -OCH3 is 1. The molecule has 0 aromatic heterocycles. The predicted molar refractivity (Wildman–Crippen MR) is 54.0 cm³/mol. The normalized spacial score (nSPS) is 13.0. The summed E-state index contributed by atoms with van der Waals surface area (Å²) in [4.78, 5) is 10.5. The molecule has 0 aliphatic heterocycles. The van der Waals surface area contributed by atoms with Crippen LogP contribution in [-0.4, -0.2) is 29.3 Å². The lowest BCUT2D eigenvalue weighted by Gasteiger charge is -2.08. The second-order valence-electron chi connectivity index (χ2n) is 3.10. The van der Waals surface area contributed by atoms with E-state index in [9.17, 15) is 9.90 Å². The van der Waals surface area contributed by atoms with Gasteiger partial charge < -0.3 is 20.7 Å². The molecule has 0 heterocycles. The van der Waals surface area contributed by atoms with Gasteiger partial charge in [-0.15, -0.1) is 0 Å². The first-order valence-corrected chi connectivity index (χ1v) is 4.27. The Kier molecular flexibility index (Phi) is 3.04. The zero-order valence-corrected chi connectivity index (χ0v) is 8.01. The zero-order chi connectivity index (χ0) is 12.1. The summed E-state index contributed by atoms with van der Waals surface area (Å²) in [6.07, 6.45) is 0.143. The van der Waals surface area contributed by atoms with E-state index in [1.807, 2.05) is 0 Å². The summed E-state index contributed by atoms with van der Waals surface area (Å²) in [5.41, 5.74) is 6.01. The lowest BCUT2D eigenvalue weighted by Crippen LogP contribution is -2.32. The molecule has 82 valence electrons. The third kappa shape index (κ3) is 2.85. The third-order valence-corrected chi connectivity index (χ3v) is 1.95. The first-order valence-electron chi connectivity index (χ1n) is 4.97. The molecule has 1 aromatic rings. The predicted octanol–water partition coefficient (Wildman–Crippen LogP) is 0.355. The van der Waals surface area contributed by atoms with Crippen molar-refractivity contribution in [3.05, 3.63) is 23.8 Å². The van der Waals surface area contributed by atoms with Crippen molar-refractivity contribution in [3.63, 3.8) is 0 Å². The van der Waals surface area contributed by atoms with Crippen LogP contribution >= 0.6 is 0 Å². The fourth-order valence-electron chi connectivity index (χ4n) is 1.14. The van der Waals surface area contributed by atoms with Crippen molar-refractivity contribution >= 4 is 5.97 Å². The van der Waals surface area contributed by atoms with Gasteiger partial charge in [0.25, 0.3) is 0 Å². The molecular weight excluding hydrogens is 198 g/mol. The van der Waals surface area contributed by atoms with Gasteiger partial charge in [0.05, 0.1) is 8.46 Å². The van der Waals surface area contributed by atoms with Gasteiger partial charge in [-0.05, 0) is 24.1 Å². The molecule has 0 radical (unpaired) electrons. The Hall–Kier alpha value is -1.75. The van der Waals surface area contributed by atoms with Crippen molar-refractivity contribution in [2.45, 2.75) is 12.5 Å². The molecule has 0 amide bonds. The van der Waals surface area contributed by atoms with E-state index in [2.05, 4.69) is 0 Å². The average Bonchev–Trinajstić information content (AvgIpc) is 2.23. The number of aliphatic carboxylic acids is 1. The molecule has 0 saturated heterocycles. The number of nitrogens with two attached hydrogens (primary N) is 1. The maximum Gasteiger partial charge on any atom is 0.320 e. The van der Waals surface area contributed by atoms with Crippen molar-refractivity contribution in [3.8, 4) is 11.5 Å². The monoisotopic (exact) mass is 212 g/mol. The number of hydrogen-bond donors (Lipinski definition) is 3. The first-order chi connectivity index (χ1) is 7.54. The third-order valence-electron chi connectivity index (χ3n) is 1.95. The molecule has 0 spiro atoms. The highest BCUT2D eigenvalue weighted by atomic mass is 16.5. The van der Waals surface area contributed by atoms with Gasteiger partial charge in [-0.1, -0.05) is 6.07 Å². The summed E-state index contributed by atoms with van der Waals surface area (Å²) in [6, 6.07) is 3.43. The molecule has 0 fully saturated rings. The number of ether oxygens (including phenoxy) is 1. The smallest absolute Gasteiger partial charge is 0.320 e. The minimum Gasteiger partial charge on any atom is -0.504 e. The Bertz CT molecular complexity index is 383. The van der Waals surface area contributed by atoms with Crippen LogP contribution in [-0.2, 0) is 11.2 Å². The summed E-state index contributed by atoms with van der Waals surface area (Å²) in [5, 5.41) is 18.0. The van der Waals surface area contributed by atoms with Gasteiger partial charge in [0, 0.05) is 0 Å². The van der Waals surface area contributed by atoms with Crippen LogP contribution in [0.5, 0.6) is 11.5 Å². The van der Waals surface area contributed by atoms with Crippen LogP contribution in [0.3, 0.4) is 0 Å². The van der Waals surface area contributed by atoms with Crippen molar-refractivity contribution in [2.24, 2.45) is 5.73 Å². The molecular formula is C10H13NO4. The molecule has 0 aliphatic rings. The number of aromatic hydroxyl groups is 1. The lowest BCUT2D eigenvalue weighted by atomic mass is 10.1. The number of phenols is 1. The van der Waals surface area contributed by atoms with Crippen molar-refractivity contribution < 1.29 is 21.1 Å². The maximum atomic E-state index is 10.5. The van der Waals surface area contributed by atoms with Crippen LogP contribution in [0.15, 0.2) is 18.2 Å². The summed E-state index contributed by atoms with van der Waals surface area (Å²) >= 11 is 0. The Morgan fingerprint density at radius 2 is 2.47 bits per heavy atom. The highest BCUT2D eigenvalue weighted by Crippen LogP contribution is 2.26. The summed E-state index contributed by atoms with van der Waals surface area (Å²) in [5.74, 6) is -1.01. The van der Waals surface area contributed by atoms with Crippen LogP contribution < -0.4 is 10.5 Å². The van der Waals surface area contributed by atoms with E-state index in [0.29, 0.717) is 5.56 Å². The Morgan fingerprint density at radius 3 is 3.07 bits per heavy atom. The topological polar surface area (TPSA) is 92.8 Å². The van der Waals surface area contributed by atoms with Gasteiger partial charge >= 0.3 is 5.97 Å². The van der Waals surface area contributed by atoms with E-state index < -0.39 is 12.0 Å². The molecule has 1 aromatic carbocycles. The van der Waals surface area contributed by atoms with Crippen LogP contribution in [0.1, 0.15) is 6.93 Å². The minimum atomic E-state index is -1.09. The van der Waals surface area contributed by atoms with Crippen LogP contribution in [0, 0.1) is 0 Å². The second-order valence-corrected chi connectivity index (χ2v) is 3.10. The van der Waals surface area contributed by atoms with E-state index in [1.54, 1.807) is 6.07 Å². The fourth-order valence-corrected chi connectivity index (χ4v) is 1.14. The van der Waals surface area contributed by atoms with Gasteiger partial charge in [0.15, 0.2) is 11.5 Å². The van der Waals surface area contributed by atoms with E-state index in [0.717, 1.165) is 0 Å². The Labute approximate surface area is 88.5 Å². The number of carboxylic acids is 1. The SMILES string of the molecule is [2H]COc1cc(C[C@H](N)C(=O)O)ccc1O. The summed E-state index contributed by atoms with van der Waals surface area (Å²) in [6.45, 7) is 0. The van der Waals surface area contributed by atoms with E-state index >= 15 is 0 Å². The van der Waals surface area contributed by atoms with Crippen molar-refractivity contribution in [1.82, 2.24) is 0 Å². The number of carboxylic acid groups (broad SMARTS) is 1. The Balaban J connectivity index is 2.82. The quantitative estimate of drug-likeness (QED) is 0.669. The Morgan fingerprint density at radius 1 is 1.73 bits per heavy atom. The molecule has 1 atom stereocenters. The van der Waals surface area contributed by atoms with Gasteiger partial charge in [-0.25, -0.2) is 0 Å². The molecule has 0 aliphatic carbocycles. The second kappa shape index (κ2) is 4.65. The van der Waals surface area contributed by atoms with E-state index in [4.69, 9.17) is 16.9 Å². The maximum absolute atomic E-state index is 10.5. The van der Waals surface area contributed by atoms with Gasteiger partial charge in [0.1, 0.15) is 6.04 Å². The fraction of sp³-hybridized carbons (Fsp3) is 0.300. The molecule has 4 N–H and O–H groups in total. The van der Waals surface area contributed by atoms with Crippen LogP contribution in [0.25, 0.3) is 0 Å². The molecule has 5 nitrogen and oxygen atoms in total. The highest BCUT2D eigenvalue weighted by Gasteiger charge is 2.13. The van der Waals surface area contributed by atoms with Crippen LogP contribution in [0.4, 0.5) is 0 Å². The molecule has 0 bridgehead atoms. The zero-order valence-electron chi connectivity index (χ0n) is 9.01. The number of benzene rings is 1. The first kappa shape index (κ1) is 9.79. The molecule has 5 heteroatoms. The lowest BCUT2D eigenvalue weighted by molar-refractivity contribution is -0.138. The van der Waals surface area contributed by atoms with Gasteiger partial charge in [-0.2, -0.15) is 0 Å². The molecule has 15 heavy (non-hydrogen) atoms. The molecule has 0 saturated carbocycles. The van der Waals surface area contributed by atoms with E-state index in [1.165, 1.54) is 12.1 Å². The average molecular weight is 212 g/mol. The van der Waals surface area contributed by atoms with Gasteiger partial charge in [0.2, 0.25) is 0 Å². The van der Waals surface area contributed by atoms with Crippen molar-refractivity contribution in [2.75, 3.05) is 7.09 Å². The highest BCUT2D eigenvalue weighted by molar-refractivity contribution is 5.73. The van der Waals surface area contributed by atoms with E-state index in [-0.39, 0.29) is 25.0 Å². The standard InChI is InChI=1S/C10H13NO4/c1-15-9-5-6(2-3-8(9)12)4-7(11)10(13)14/h2-3,5,7,12H,4,11H2,1H3,(H,13,14)/t7-/m0/s1/i1D. The number of hydrogen-bond acceptors (Lipinski definition) is 4. The summed E-state index contributed by atoms with van der Waals surface area (Å²) < 4.78 is 11.7. The van der Waals surface area contributed by atoms with Crippen molar-refractivity contribution in [1.29, 1.82) is 0 Å². The number of carbonyl (C=O) groups is 1. The van der Waals surface area contributed by atoms with Gasteiger partial charge in [-0.3, -0.25) is 4.79 Å². The minimum absolute atomic E-state index is 0.0834. The molecule has 0 unspecified atom stereocenters.